The number of rotatable bonds is 5. The molecule has 1 saturated heterocycles. The molecule has 0 bridgehead atoms. The summed E-state index contributed by atoms with van der Waals surface area (Å²) in [4.78, 5) is 28.3. The van der Waals surface area contributed by atoms with Crippen molar-refractivity contribution in [2.24, 2.45) is 0 Å². The number of nitrogens with one attached hydrogen (secondary N) is 1. The van der Waals surface area contributed by atoms with E-state index in [0.29, 0.717) is 26.2 Å². The number of aryl methyl sites for hydroxylation is 1. The minimum absolute atomic E-state index is 0.0736. The predicted molar refractivity (Wildman–Crippen MR) is 88.2 cm³/mol. The highest BCUT2D eigenvalue weighted by atomic mass is 16.5. The fraction of sp³-hybridized carbons (Fsp3) is 0.562. The van der Waals surface area contributed by atoms with Gasteiger partial charge in [-0.2, -0.15) is 0 Å². The van der Waals surface area contributed by atoms with Gasteiger partial charge in [0, 0.05) is 37.4 Å². The molecule has 1 atom stereocenters. The lowest BCUT2D eigenvalue weighted by Gasteiger charge is -2.32. The molecule has 1 aliphatic heterocycles. The van der Waals surface area contributed by atoms with E-state index in [1.807, 2.05) is 42.9 Å². The average Bonchev–Trinajstić information content (AvgIpc) is 3.17. The summed E-state index contributed by atoms with van der Waals surface area (Å²) < 4.78 is 7.66. The summed E-state index contributed by atoms with van der Waals surface area (Å²) in [6.45, 7) is 4.63. The summed E-state index contributed by atoms with van der Waals surface area (Å²) >= 11 is 0. The molecule has 1 N–H and O–H groups in total. The van der Waals surface area contributed by atoms with Gasteiger partial charge in [0.2, 0.25) is 5.91 Å². The van der Waals surface area contributed by atoms with Gasteiger partial charge in [-0.15, -0.1) is 0 Å². The molecule has 0 spiro atoms. The SMILES string of the molecule is Cc1nccn1CC(=O)N1CCO[C@@H](c2ncc(CN(C)C)[nH]2)C1. The van der Waals surface area contributed by atoms with Crippen LogP contribution < -0.4 is 0 Å². The summed E-state index contributed by atoms with van der Waals surface area (Å²) in [5.74, 6) is 1.69. The minimum Gasteiger partial charge on any atom is -0.367 e. The smallest absolute Gasteiger partial charge is 0.242 e. The van der Waals surface area contributed by atoms with Gasteiger partial charge in [-0.25, -0.2) is 9.97 Å². The van der Waals surface area contributed by atoms with Crippen molar-refractivity contribution in [1.82, 2.24) is 29.3 Å². The van der Waals surface area contributed by atoms with Crippen LogP contribution >= 0.6 is 0 Å². The Morgan fingerprint density at radius 1 is 1.46 bits per heavy atom. The molecule has 2 aromatic rings. The molecule has 0 saturated carbocycles. The zero-order valence-corrected chi connectivity index (χ0v) is 14.4. The van der Waals surface area contributed by atoms with Crippen molar-refractivity contribution in [3.05, 3.63) is 35.9 Å². The van der Waals surface area contributed by atoms with Crippen LogP contribution in [0.5, 0.6) is 0 Å². The quantitative estimate of drug-likeness (QED) is 0.866. The largest absolute Gasteiger partial charge is 0.367 e. The molecular weight excluding hydrogens is 308 g/mol. The summed E-state index contributed by atoms with van der Waals surface area (Å²) in [5, 5.41) is 0. The molecule has 0 unspecified atom stereocenters. The normalized spacial score (nSPS) is 18.3. The van der Waals surface area contributed by atoms with Gasteiger partial charge in [-0.1, -0.05) is 0 Å². The fourth-order valence-electron chi connectivity index (χ4n) is 2.82. The first-order valence-corrected chi connectivity index (χ1v) is 8.08. The molecule has 1 aliphatic rings. The van der Waals surface area contributed by atoms with Gasteiger partial charge in [0.25, 0.3) is 0 Å². The van der Waals surface area contributed by atoms with Crippen molar-refractivity contribution < 1.29 is 9.53 Å². The number of aromatic amines is 1. The van der Waals surface area contributed by atoms with Crippen LogP contribution in [0.25, 0.3) is 0 Å². The Balaban J connectivity index is 1.62. The van der Waals surface area contributed by atoms with Gasteiger partial charge in [0.05, 0.1) is 13.2 Å². The van der Waals surface area contributed by atoms with Crippen LogP contribution in [0.1, 0.15) is 23.4 Å². The number of amides is 1. The van der Waals surface area contributed by atoms with Crippen LogP contribution in [-0.2, 0) is 22.6 Å². The van der Waals surface area contributed by atoms with E-state index in [9.17, 15) is 4.79 Å². The van der Waals surface area contributed by atoms with Crippen molar-refractivity contribution in [1.29, 1.82) is 0 Å². The number of carbonyl (C=O) groups is 1. The second kappa shape index (κ2) is 7.14. The lowest BCUT2D eigenvalue weighted by atomic mass is 10.2. The second-order valence-electron chi connectivity index (χ2n) is 6.33. The maximum Gasteiger partial charge on any atom is 0.242 e. The maximum atomic E-state index is 12.5. The van der Waals surface area contributed by atoms with Crippen LogP contribution in [0.3, 0.4) is 0 Å². The van der Waals surface area contributed by atoms with Gasteiger partial charge in [-0.3, -0.25) is 4.79 Å². The van der Waals surface area contributed by atoms with E-state index in [0.717, 1.165) is 23.9 Å². The monoisotopic (exact) mass is 332 g/mol. The number of aromatic nitrogens is 4. The molecule has 24 heavy (non-hydrogen) atoms. The Morgan fingerprint density at radius 3 is 3.00 bits per heavy atom. The highest BCUT2D eigenvalue weighted by Gasteiger charge is 2.27. The van der Waals surface area contributed by atoms with Gasteiger partial charge >= 0.3 is 0 Å². The molecule has 130 valence electrons. The Hall–Kier alpha value is -2.19. The first kappa shape index (κ1) is 16.7. The van der Waals surface area contributed by atoms with Crippen LogP contribution in [-0.4, -0.2) is 69.0 Å². The molecule has 8 nitrogen and oxygen atoms in total. The Morgan fingerprint density at radius 2 is 2.29 bits per heavy atom. The number of hydrogen-bond acceptors (Lipinski definition) is 5. The first-order valence-electron chi connectivity index (χ1n) is 8.08. The van der Waals surface area contributed by atoms with Crippen molar-refractivity contribution in [3.63, 3.8) is 0 Å². The third kappa shape index (κ3) is 3.82. The number of ether oxygens (including phenoxy) is 1. The molecule has 2 aromatic heterocycles. The van der Waals surface area contributed by atoms with E-state index >= 15 is 0 Å². The lowest BCUT2D eigenvalue weighted by Crippen LogP contribution is -2.44. The van der Waals surface area contributed by atoms with Crippen molar-refractivity contribution in [3.8, 4) is 0 Å². The summed E-state index contributed by atoms with van der Waals surface area (Å²) in [6, 6.07) is 0. The van der Waals surface area contributed by atoms with E-state index in [1.165, 1.54) is 0 Å². The van der Waals surface area contributed by atoms with Gasteiger partial charge in [-0.05, 0) is 21.0 Å². The van der Waals surface area contributed by atoms with Crippen molar-refractivity contribution in [2.45, 2.75) is 26.1 Å². The molecule has 1 fully saturated rings. The Labute approximate surface area is 141 Å². The summed E-state index contributed by atoms with van der Waals surface area (Å²) in [7, 11) is 4.02. The maximum absolute atomic E-state index is 12.5. The van der Waals surface area contributed by atoms with Crippen LogP contribution in [0, 0.1) is 6.92 Å². The predicted octanol–water partition coefficient (Wildman–Crippen LogP) is 0.576. The third-order valence-electron chi connectivity index (χ3n) is 4.09. The fourth-order valence-corrected chi connectivity index (χ4v) is 2.82. The molecule has 3 heterocycles. The van der Waals surface area contributed by atoms with Gasteiger partial charge < -0.3 is 24.1 Å². The molecule has 0 aromatic carbocycles. The van der Waals surface area contributed by atoms with Crippen LogP contribution in [0.4, 0.5) is 0 Å². The van der Waals surface area contributed by atoms with Crippen molar-refractivity contribution >= 4 is 5.91 Å². The highest BCUT2D eigenvalue weighted by Crippen LogP contribution is 2.20. The molecule has 1 amide bonds. The van der Waals surface area contributed by atoms with Gasteiger partial charge in [0.1, 0.15) is 24.3 Å². The first-order chi connectivity index (χ1) is 11.5. The zero-order chi connectivity index (χ0) is 17.1. The molecular formula is C16H24N6O2. The standard InChI is InChI=1S/C16H24N6O2/c1-12-17-4-5-21(12)11-15(23)22-6-7-24-14(10-22)16-18-8-13(19-16)9-20(2)3/h4-5,8,14H,6-7,9-11H2,1-3H3,(H,18,19)/t14-/m1/s1. The second-order valence-corrected chi connectivity index (χ2v) is 6.33. The Bertz CT molecular complexity index is 692. The number of nitrogens with zero attached hydrogens (tertiary/aromatic N) is 5. The van der Waals surface area contributed by atoms with Crippen LogP contribution in [0.2, 0.25) is 0 Å². The number of hydrogen-bond donors (Lipinski definition) is 1. The number of imidazole rings is 2. The number of H-pyrrole nitrogens is 1. The van der Waals surface area contributed by atoms with E-state index in [-0.39, 0.29) is 12.0 Å². The van der Waals surface area contributed by atoms with E-state index in [1.54, 1.807) is 6.20 Å². The molecule has 0 radical (unpaired) electrons. The van der Waals surface area contributed by atoms with Crippen LogP contribution in [0.15, 0.2) is 18.6 Å². The third-order valence-corrected chi connectivity index (χ3v) is 4.09. The van der Waals surface area contributed by atoms with E-state index in [4.69, 9.17) is 4.74 Å². The molecule has 8 heteroatoms. The summed E-state index contributed by atoms with van der Waals surface area (Å²) in [6.07, 6.45) is 5.15. The number of morpholine rings is 1. The molecule has 3 rings (SSSR count). The minimum atomic E-state index is -0.206. The average molecular weight is 332 g/mol. The Kier molecular flexibility index (Phi) is 4.96. The highest BCUT2D eigenvalue weighted by molar-refractivity contribution is 5.76. The van der Waals surface area contributed by atoms with E-state index < -0.39 is 0 Å². The topological polar surface area (TPSA) is 79.3 Å². The zero-order valence-electron chi connectivity index (χ0n) is 14.4. The summed E-state index contributed by atoms with van der Waals surface area (Å²) in [5.41, 5.74) is 1.04. The number of carbonyl (C=O) groups excluding carboxylic acids is 1. The van der Waals surface area contributed by atoms with E-state index in [2.05, 4.69) is 19.9 Å². The molecule has 0 aliphatic carbocycles. The lowest BCUT2D eigenvalue weighted by molar-refractivity contribution is -0.140. The van der Waals surface area contributed by atoms with Gasteiger partial charge in [0.15, 0.2) is 0 Å². The van der Waals surface area contributed by atoms with Crippen molar-refractivity contribution in [2.75, 3.05) is 33.8 Å².